The average Bonchev–Trinajstić information content (AvgIpc) is 2.93. The summed E-state index contributed by atoms with van der Waals surface area (Å²) in [4.78, 5) is 18.3. The van der Waals surface area contributed by atoms with Gasteiger partial charge in [0.25, 0.3) is 0 Å². The van der Waals surface area contributed by atoms with E-state index in [0.29, 0.717) is 11.1 Å². The molecule has 4 aromatic carbocycles. The van der Waals surface area contributed by atoms with E-state index in [2.05, 4.69) is 0 Å². The molecule has 0 amide bonds. The number of halogens is 2. The molecular weight excluding hydrogens is 541 g/mol. The molecule has 0 radical (unpaired) electrons. The summed E-state index contributed by atoms with van der Waals surface area (Å²) < 4.78 is 67.2. The average molecular weight is 569 g/mol. The van der Waals surface area contributed by atoms with E-state index in [0.717, 1.165) is 17.7 Å². The zero-order chi connectivity index (χ0) is 28.2. The molecule has 1 atom stereocenters. The summed E-state index contributed by atoms with van der Waals surface area (Å²) in [5.74, 6) is 0. The van der Waals surface area contributed by atoms with Crippen LogP contribution < -0.4 is 0 Å². The monoisotopic (exact) mass is 568 g/mol. The van der Waals surface area contributed by atoms with Gasteiger partial charge in [-0.25, -0.2) is 8.42 Å². The fourth-order valence-corrected chi connectivity index (χ4v) is 7.06. The van der Waals surface area contributed by atoms with Crippen LogP contribution in [0.4, 0.5) is 8.78 Å². The maximum absolute atomic E-state index is 14.4. The lowest BCUT2D eigenvalue weighted by Gasteiger charge is -2.34. The number of hydrogen-bond donors (Lipinski definition) is 2. The lowest BCUT2D eigenvalue weighted by atomic mass is 9.87. The van der Waals surface area contributed by atoms with Crippen LogP contribution in [-0.2, 0) is 31.2 Å². The Bertz CT molecular complexity index is 1570. The fourth-order valence-electron chi connectivity index (χ4n) is 4.49. The van der Waals surface area contributed by atoms with Gasteiger partial charge in [0, 0.05) is 5.56 Å². The molecule has 0 saturated carbocycles. The fraction of sp³-hybridized carbons (Fsp3) is 0.133. The Morgan fingerprint density at radius 3 is 1.77 bits per heavy atom. The number of sulfone groups is 1. The first-order valence-corrected chi connectivity index (χ1v) is 15.2. The molecule has 2 N–H and O–H groups in total. The maximum atomic E-state index is 14.4. The minimum Gasteiger partial charge on any atom is -0.320 e. The first kappa shape index (κ1) is 28.6. The summed E-state index contributed by atoms with van der Waals surface area (Å²) in [5, 5.41) is 0. The molecule has 202 valence electrons. The van der Waals surface area contributed by atoms with Gasteiger partial charge in [-0.15, -0.1) is 0 Å². The van der Waals surface area contributed by atoms with Crippen molar-refractivity contribution < 1.29 is 31.6 Å². The Morgan fingerprint density at radius 2 is 1.23 bits per heavy atom. The molecule has 0 aliphatic carbocycles. The molecule has 4 rings (SSSR count). The van der Waals surface area contributed by atoms with E-state index in [9.17, 15) is 21.8 Å². The van der Waals surface area contributed by atoms with Gasteiger partial charge in [0.1, 0.15) is 4.75 Å². The molecule has 39 heavy (non-hydrogen) atoms. The van der Waals surface area contributed by atoms with Crippen LogP contribution >= 0.6 is 7.60 Å². The zero-order valence-electron chi connectivity index (χ0n) is 20.8. The van der Waals surface area contributed by atoms with E-state index in [1.54, 1.807) is 54.6 Å². The number of alkyl halides is 2. The van der Waals surface area contributed by atoms with Gasteiger partial charge in [0.15, 0.2) is 9.84 Å². The van der Waals surface area contributed by atoms with Crippen molar-refractivity contribution >= 4 is 23.5 Å². The Balaban J connectivity index is 1.86. The lowest BCUT2D eigenvalue weighted by Crippen LogP contribution is -2.38. The Labute approximate surface area is 226 Å². The van der Waals surface area contributed by atoms with Crippen LogP contribution in [0.5, 0.6) is 0 Å². The van der Waals surface area contributed by atoms with Gasteiger partial charge in [-0.1, -0.05) is 115 Å². The summed E-state index contributed by atoms with van der Waals surface area (Å²) in [6.07, 6.45) is 3.62. The van der Waals surface area contributed by atoms with Gasteiger partial charge in [-0.2, -0.15) is 8.78 Å². The number of allylic oxidation sites excluding steroid dienone is 1. The minimum absolute atomic E-state index is 0.0729. The van der Waals surface area contributed by atoms with Crippen molar-refractivity contribution in [1.82, 2.24) is 0 Å². The third-order valence-electron chi connectivity index (χ3n) is 6.58. The van der Waals surface area contributed by atoms with E-state index in [1.165, 1.54) is 24.3 Å². The molecule has 0 saturated heterocycles. The van der Waals surface area contributed by atoms with Gasteiger partial charge in [0.05, 0.1) is 4.90 Å². The lowest BCUT2D eigenvalue weighted by molar-refractivity contribution is 0.0564. The zero-order valence-corrected chi connectivity index (χ0v) is 22.5. The van der Waals surface area contributed by atoms with Gasteiger partial charge < -0.3 is 9.79 Å². The SMILES string of the molecule is O=P(O)(O)C(F)(F)c1ccc(CC(CC=Cc2ccccc2)(c2ccccc2)S(=O)(=O)c2ccccc2)cc1. The molecule has 0 aromatic heterocycles. The highest BCUT2D eigenvalue weighted by Crippen LogP contribution is 2.59. The molecule has 0 spiro atoms. The summed E-state index contributed by atoms with van der Waals surface area (Å²) in [7, 11) is -9.80. The first-order valence-electron chi connectivity index (χ1n) is 12.1. The second-order valence-electron chi connectivity index (χ2n) is 9.15. The van der Waals surface area contributed by atoms with E-state index in [-0.39, 0.29) is 17.7 Å². The Hall–Kier alpha value is -3.42. The van der Waals surface area contributed by atoms with E-state index in [4.69, 9.17) is 9.79 Å². The number of hydrogen-bond acceptors (Lipinski definition) is 3. The van der Waals surface area contributed by atoms with Crippen molar-refractivity contribution in [2.24, 2.45) is 0 Å². The summed E-state index contributed by atoms with van der Waals surface area (Å²) >= 11 is 0. The van der Waals surface area contributed by atoms with Gasteiger partial charge in [-0.3, -0.25) is 4.57 Å². The summed E-state index contributed by atoms with van der Waals surface area (Å²) in [6, 6.07) is 30.6. The van der Waals surface area contributed by atoms with Crippen LogP contribution in [0.3, 0.4) is 0 Å². The third-order valence-corrected chi connectivity index (χ3v) is 10.0. The van der Waals surface area contributed by atoms with Crippen LogP contribution in [0.25, 0.3) is 6.08 Å². The van der Waals surface area contributed by atoms with Crippen LogP contribution in [-0.4, -0.2) is 18.2 Å². The predicted octanol–water partition coefficient (Wildman–Crippen LogP) is 6.93. The van der Waals surface area contributed by atoms with Crippen molar-refractivity contribution in [3.05, 3.63) is 144 Å². The van der Waals surface area contributed by atoms with Crippen LogP contribution in [0.1, 0.15) is 28.7 Å². The molecule has 1 unspecified atom stereocenters. The maximum Gasteiger partial charge on any atom is 0.399 e. The smallest absolute Gasteiger partial charge is 0.320 e. The first-order chi connectivity index (χ1) is 18.5. The molecule has 0 bridgehead atoms. The summed E-state index contributed by atoms with van der Waals surface area (Å²) in [5.41, 5.74) is -3.38. The van der Waals surface area contributed by atoms with Crippen LogP contribution in [0, 0.1) is 0 Å². The van der Waals surface area contributed by atoms with E-state index in [1.807, 2.05) is 36.4 Å². The molecule has 5 nitrogen and oxygen atoms in total. The minimum atomic E-state index is -5.74. The van der Waals surface area contributed by atoms with Gasteiger partial charge in [0.2, 0.25) is 0 Å². The Morgan fingerprint density at radius 1 is 0.718 bits per heavy atom. The van der Waals surface area contributed by atoms with Gasteiger partial charge in [-0.05, 0) is 41.7 Å². The highest BCUT2D eigenvalue weighted by Gasteiger charge is 2.50. The number of benzene rings is 4. The molecule has 0 fully saturated rings. The highest BCUT2D eigenvalue weighted by atomic mass is 32.2. The molecule has 0 aliphatic heterocycles. The van der Waals surface area contributed by atoms with Crippen molar-refractivity contribution in [3.8, 4) is 0 Å². The molecule has 9 heteroatoms. The highest BCUT2D eigenvalue weighted by molar-refractivity contribution is 7.92. The number of rotatable bonds is 10. The summed E-state index contributed by atoms with van der Waals surface area (Å²) in [6.45, 7) is 0. The van der Waals surface area contributed by atoms with Crippen molar-refractivity contribution in [1.29, 1.82) is 0 Å². The molecule has 0 aliphatic rings. The molecule has 0 heterocycles. The van der Waals surface area contributed by atoms with Crippen molar-refractivity contribution in [2.75, 3.05) is 0 Å². The molecule has 4 aromatic rings. The Kier molecular flexibility index (Phi) is 8.33. The topological polar surface area (TPSA) is 91.7 Å². The third kappa shape index (κ3) is 5.94. The molecular formula is C30H27F2O5PS. The normalized spacial score (nSPS) is 14.3. The van der Waals surface area contributed by atoms with E-state index < -0.39 is 33.4 Å². The second-order valence-corrected chi connectivity index (χ2v) is 13.1. The van der Waals surface area contributed by atoms with Crippen molar-refractivity contribution in [2.45, 2.75) is 28.1 Å². The van der Waals surface area contributed by atoms with Gasteiger partial charge >= 0.3 is 13.3 Å². The van der Waals surface area contributed by atoms with Crippen LogP contribution in [0.15, 0.2) is 126 Å². The largest absolute Gasteiger partial charge is 0.399 e. The van der Waals surface area contributed by atoms with Crippen LogP contribution in [0.2, 0.25) is 0 Å². The van der Waals surface area contributed by atoms with Crippen molar-refractivity contribution in [3.63, 3.8) is 0 Å². The van der Waals surface area contributed by atoms with E-state index >= 15 is 0 Å². The quantitative estimate of drug-likeness (QED) is 0.203. The predicted molar refractivity (Wildman–Crippen MR) is 148 cm³/mol. The standard InChI is InChI=1S/C30H27F2O5PS/c31-30(32,38(33,34)35)27-20-18-25(19-21-27)23-29(26-14-6-2-7-15-26,22-10-13-24-11-4-1-5-12-24)39(36,37)28-16-8-3-9-17-28/h1-21H,22-23H2,(H2,33,34,35). The second kappa shape index (κ2) is 11.4.